The van der Waals surface area contributed by atoms with E-state index in [0.29, 0.717) is 11.0 Å². The monoisotopic (exact) mass is 594 g/mol. The molecule has 0 aliphatic rings. The molecular formula is C31H65NO7P+. The minimum Gasteiger partial charge on any atom is -0.435 e. The van der Waals surface area contributed by atoms with Crippen molar-refractivity contribution in [2.45, 2.75) is 136 Å². The van der Waals surface area contributed by atoms with Crippen LogP contribution in [0.5, 0.6) is 0 Å². The van der Waals surface area contributed by atoms with Crippen molar-refractivity contribution in [1.29, 1.82) is 0 Å². The van der Waals surface area contributed by atoms with Gasteiger partial charge in [-0.1, -0.05) is 122 Å². The molecule has 0 radical (unpaired) electrons. The first kappa shape index (κ1) is 39.3. The van der Waals surface area contributed by atoms with Gasteiger partial charge in [0.1, 0.15) is 13.2 Å². The zero-order valence-corrected chi connectivity index (χ0v) is 27.7. The third-order valence-electron chi connectivity index (χ3n) is 7.15. The van der Waals surface area contributed by atoms with Crippen LogP contribution in [0.15, 0.2) is 0 Å². The number of phosphoric ester groups is 1. The molecule has 8 nitrogen and oxygen atoms in total. The highest BCUT2D eigenvalue weighted by molar-refractivity contribution is 7.47. The molecule has 0 bridgehead atoms. The molecule has 0 aromatic carbocycles. The average molecular weight is 595 g/mol. The average Bonchev–Trinajstić information content (AvgIpc) is 2.88. The summed E-state index contributed by atoms with van der Waals surface area (Å²) in [4.78, 5) is 21.6. The van der Waals surface area contributed by atoms with Crippen LogP contribution in [0.1, 0.15) is 136 Å². The molecule has 2 unspecified atom stereocenters. The number of rotatable bonds is 29. The number of likely N-dealkylation sites (N-methyl/N-ethyl adjacent to an activating group) is 1. The summed E-state index contributed by atoms with van der Waals surface area (Å²) in [7, 11) is 1.79. The lowest BCUT2D eigenvalue weighted by Gasteiger charge is -2.24. The van der Waals surface area contributed by atoms with E-state index < -0.39 is 14.0 Å². The highest BCUT2D eigenvalue weighted by Crippen LogP contribution is 2.43. The summed E-state index contributed by atoms with van der Waals surface area (Å²) < 4.78 is 33.2. The van der Waals surface area contributed by atoms with Gasteiger partial charge in [-0.3, -0.25) is 9.05 Å². The Morgan fingerprint density at radius 1 is 0.675 bits per heavy atom. The normalized spacial score (nSPS) is 14.2. The summed E-state index contributed by atoms with van der Waals surface area (Å²) in [6.45, 7) is 5.04. The van der Waals surface area contributed by atoms with Crippen LogP contribution in [-0.4, -0.2) is 69.6 Å². The number of quaternary nitrogens is 1. The summed E-state index contributed by atoms with van der Waals surface area (Å²) in [5.41, 5.74) is 0. The third kappa shape index (κ3) is 28.9. The van der Waals surface area contributed by atoms with Gasteiger partial charge in [0, 0.05) is 5.92 Å². The molecule has 0 spiro atoms. The van der Waals surface area contributed by atoms with Crippen molar-refractivity contribution in [3.05, 3.63) is 0 Å². The van der Waals surface area contributed by atoms with Gasteiger partial charge in [0.05, 0.1) is 41.0 Å². The van der Waals surface area contributed by atoms with Crippen molar-refractivity contribution in [3.8, 4) is 0 Å². The molecule has 1 N–H and O–H groups in total. The number of nitrogens with zero attached hydrogens (tertiary/aromatic N) is 1. The smallest absolute Gasteiger partial charge is 0.435 e. The third-order valence-corrected chi connectivity index (χ3v) is 8.14. The van der Waals surface area contributed by atoms with Gasteiger partial charge in [0.2, 0.25) is 0 Å². The SMILES string of the molecule is CCCCCCCCCCCCCCCCCCCCC(COC(=O)OCC)COP(=O)(O)OCC[N+](C)(C)C. The first-order valence-corrected chi connectivity index (χ1v) is 17.8. The predicted octanol–water partition coefficient (Wildman–Crippen LogP) is 9.05. The molecule has 240 valence electrons. The van der Waals surface area contributed by atoms with E-state index in [0.717, 1.165) is 19.3 Å². The van der Waals surface area contributed by atoms with Gasteiger partial charge >= 0.3 is 14.0 Å². The van der Waals surface area contributed by atoms with Crippen LogP contribution in [-0.2, 0) is 23.1 Å². The fraction of sp³-hybridized carbons (Fsp3) is 0.968. The van der Waals surface area contributed by atoms with Crippen LogP contribution in [0, 0.1) is 5.92 Å². The zero-order chi connectivity index (χ0) is 30.0. The van der Waals surface area contributed by atoms with E-state index in [1.807, 2.05) is 21.1 Å². The maximum atomic E-state index is 12.3. The molecule has 0 heterocycles. The van der Waals surface area contributed by atoms with Crippen molar-refractivity contribution in [2.24, 2.45) is 5.92 Å². The molecule has 9 heteroatoms. The molecule has 2 atom stereocenters. The van der Waals surface area contributed by atoms with Crippen molar-refractivity contribution in [2.75, 3.05) is 54.1 Å². The fourth-order valence-corrected chi connectivity index (χ4v) is 5.35. The number of hydrogen-bond acceptors (Lipinski definition) is 6. The van der Waals surface area contributed by atoms with Gasteiger partial charge in [-0.2, -0.15) is 0 Å². The number of carbonyl (C=O) groups is 1. The van der Waals surface area contributed by atoms with Gasteiger partial charge in [0.25, 0.3) is 0 Å². The second-order valence-corrected chi connectivity index (χ2v) is 13.7. The van der Waals surface area contributed by atoms with E-state index in [9.17, 15) is 14.3 Å². The standard InChI is InChI=1S/C31H64NO7P/c1-6-8-9-10-11-12-13-14-15-16-17-18-19-20-21-22-23-24-25-30(28-37-31(33)36-7-2)29-39-40(34,35)38-27-26-32(3,4)5/h30H,6-29H2,1-5H3/p+1. The molecule has 40 heavy (non-hydrogen) atoms. The number of hydrogen-bond donors (Lipinski definition) is 1. The number of unbranched alkanes of at least 4 members (excludes halogenated alkanes) is 17. The van der Waals surface area contributed by atoms with Crippen LogP contribution in [0.3, 0.4) is 0 Å². The lowest BCUT2D eigenvalue weighted by molar-refractivity contribution is -0.870. The lowest BCUT2D eigenvalue weighted by atomic mass is 10.0. The molecular weight excluding hydrogens is 529 g/mol. The second-order valence-electron chi connectivity index (χ2n) is 12.3. The highest BCUT2D eigenvalue weighted by atomic mass is 31.2. The molecule has 0 amide bonds. The van der Waals surface area contributed by atoms with Crippen LogP contribution >= 0.6 is 7.82 Å². The Labute approximate surface area is 247 Å². The quantitative estimate of drug-likeness (QED) is 0.0400. The van der Waals surface area contributed by atoms with Crippen molar-refractivity contribution in [3.63, 3.8) is 0 Å². The van der Waals surface area contributed by atoms with Gasteiger partial charge in [-0.15, -0.1) is 0 Å². The summed E-state index contributed by atoms with van der Waals surface area (Å²) >= 11 is 0. The van der Waals surface area contributed by atoms with Crippen molar-refractivity contribution < 1.29 is 37.3 Å². The Balaban J connectivity index is 3.94. The Kier molecular flexibility index (Phi) is 25.6. The molecule has 0 aromatic rings. The van der Waals surface area contributed by atoms with Gasteiger partial charge in [0.15, 0.2) is 0 Å². The van der Waals surface area contributed by atoms with E-state index in [1.165, 1.54) is 103 Å². The summed E-state index contributed by atoms with van der Waals surface area (Å²) in [5.74, 6) is -0.187. The van der Waals surface area contributed by atoms with E-state index in [1.54, 1.807) is 6.92 Å². The molecule has 0 saturated carbocycles. The summed E-state index contributed by atoms with van der Waals surface area (Å²) in [6.07, 6.45) is 23.8. The van der Waals surface area contributed by atoms with E-state index >= 15 is 0 Å². The minimum atomic E-state index is -4.15. The highest BCUT2D eigenvalue weighted by Gasteiger charge is 2.25. The Morgan fingerprint density at radius 3 is 1.55 bits per heavy atom. The van der Waals surface area contributed by atoms with E-state index in [-0.39, 0.29) is 32.3 Å². The molecule has 0 aromatic heterocycles. The van der Waals surface area contributed by atoms with Gasteiger partial charge < -0.3 is 18.9 Å². The maximum absolute atomic E-state index is 12.3. The van der Waals surface area contributed by atoms with Crippen LogP contribution in [0.25, 0.3) is 0 Å². The van der Waals surface area contributed by atoms with Crippen LogP contribution in [0.4, 0.5) is 4.79 Å². The van der Waals surface area contributed by atoms with Crippen LogP contribution < -0.4 is 0 Å². The summed E-state index contributed by atoms with van der Waals surface area (Å²) in [5, 5.41) is 0. The number of carbonyl (C=O) groups excluding carboxylic acids is 1. The Hall–Kier alpha value is -0.660. The van der Waals surface area contributed by atoms with Gasteiger partial charge in [-0.05, 0) is 13.3 Å². The van der Waals surface area contributed by atoms with Gasteiger partial charge in [-0.25, -0.2) is 9.36 Å². The van der Waals surface area contributed by atoms with E-state index in [2.05, 4.69) is 6.92 Å². The second kappa shape index (κ2) is 26.0. The molecule has 0 aliphatic heterocycles. The zero-order valence-electron chi connectivity index (χ0n) is 26.8. The fourth-order valence-electron chi connectivity index (χ4n) is 4.56. The largest absolute Gasteiger partial charge is 0.508 e. The first-order valence-electron chi connectivity index (χ1n) is 16.3. The minimum absolute atomic E-state index is 0.00346. The Bertz CT molecular complexity index is 627. The molecule has 0 saturated heterocycles. The Morgan fingerprint density at radius 2 is 1.12 bits per heavy atom. The first-order chi connectivity index (χ1) is 19.1. The molecule has 0 fully saturated rings. The van der Waals surface area contributed by atoms with Crippen LogP contribution in [0.2, 0.25) is 0 Å². The summed E-state index contributed by atoms with van der Waals surface area (Å²) in [6, 6.07) is 0. The predicted molar refractivity (Wildman–Crippen MR) is 164 cm³/mol. The number of phosphoric acid groups is 1. The molecule has 0 rings (SSSR count). The van der Waals surface area contributed by atoms with Crippen molar-refractivity contribution >= 4 is 14.0 Å². The van der Waals surface area contributed by atoms with E-state index in [4.69, 9.17) is 18.5 Å². The lowest BCUT2D eigenvalue weighted by Crippen LogP contribution is -2.37. The van der Waals surface area contributed by atoms with Crippen molar-refractivity contribution in [1.82, 2.24) is 0 Å². The topological polar surface area (TPSA) is 91.3 Å². The maximum Gasteiger partial charge on any atom is 0.508 e. The molecule has 0 aliphatic carbocycles. The number of ether oxygens (including phenoxy) is 2.